The Kier molecular flexibility index (Phi) is 4.64. The van der Waals surface area contributed by atoms with E-state index in [1.165, 1.54) is 16.7 Å². The molecule has 2 unspecified atom stereocenters. The van der Waals surface area contributed by atoms with Gasteiger partial charge in [0, 0.05) is 12.6 Å². The van der Waals surface area contributed by atoms with Gasteiger partial charge in [0.05, 0.1) is 7.11 Å². The van der Waals surface area contributed by atoms with Crippen molar-refractivity contribution in [2.75, 3.05) is 27.2 Å². The fourth-order valence-electron chi connectivity index (χ4n) is 3.46. The maximum atomic E-state index is 5.86. The summed E-state index contributed by atoms with van der Waals surface area (Å²) in [6.07, 6.45) is 1.14. The molecule has 1 aliphatic heterocycles. The SMILES string of the molecule is COc1cc(C2CC(CN)CN2C)c(C)cc1C(C)(C)C. The topological polar surface area (TPSA) is 38.5 Å². The molecule has 3 heteroatoms. The Morgan fingerprint density at radius 1 is 1.33 bits per heavy atom. The molecule has 1 heterocycles. The molecule has 3 nitrogen and oxygen atoms in total. The molecule has 2 rings (SSSR count). The van der Waals surface area contributed by atoms with Crippen molar-refractivity contribution in [2.45, 2.75) is 45.6 Å². The van der Waals surface area contributed by atoms with Crippen LogP contribution in [0.2, 0.25) is 0 Å². The van der Waals surface area contributed by atoms with Crippen molar-refractivity contribution in [3.05, 3.63) is 28.8 Å². The van der Waals surface area contributed by atoms with Gasteiger partial charge < -0.3 is 10.5 Å². The molecule has 2 atom stereocenters. The summed E-state index contributed by atoms with van der Waals surface area (Å²) in [4.78, 5) is 2.43. The average molecular weight is 290 g/mol. The minimum absolute atomic E-state index is 0.0933. The minimum atomic E-state index is 0.0933. The normalized spacial score (nSPS) is 23.6. The van der Waals surface area contributed by atoms with E-state index < -0.39 is 0 Å². The summed E-state index contributed by atoms with van der Waals surface area (Å²) in [7, 11) is 3.97. The molecule has 0 aromatic heterocycles. The molecule has 1 aromatic carbocycles. The van der Waals surface area contributed by atoms with E-state index in [0.717, 1.165) is 25.3 Å². The van der Waals surface area contributed by atoms with E-state index >= 15 is 0 Å². The second-order valence-electron chi connectivity index (χ2n) is 7.45. The number of hydrogen-bond acceptors (Lipinski definition) is 3. The first kappa shape index (κ1) is 16.3. The molecule has 2 N–H and O–H groups in total. The van der Waals surface area contributed by atoms with E-state index in [2.05, 4.69) is 51.8 Å². The van der Waals surface area contributed by atoms with Crippen LogP contribution >= 0.6 is 0 Å². The van der Waals surface area contributed by atoms with Crippen molar-refractivity contribution in [3.63, 3.8) is 0 Å². The van der Waals surface area contributed by atoms with Crippen LogP contribution in [0.25, 0.3) is 0 Å². The second kappa shape index (κ2) is 5.98. The van der Waals surface area contributed by atoms with E-state index in [1.54, 1.807) is 7.11 Å². The molecule has 1 aromatic rings. The Morgan fingerprint density at radius 2 is 2.00 bits per heavy atom. The minimum Gasteiger partial charge on any atom is -0.496 e. The third kappa shape index (κ3) is 3.24. The van der Waals surface area contributed by atoms with Crippen LogP contribution in [0.4, 0.5) is 0 Å². The maximum Gasteiger partial charge on any atom is 0.122 e. The third-order valence-corrected chi connectivity index (χ3v) is 4.72. The highest BCUT2D eigenvalue weighted by atomic mass is 16.5. The van der Waals surface area contributed by atoms with Crippen LogP contribution in [0.15, 0.2) is 12.1 Å². The van der Waals surface area contributed by atoms with Crippen molar-refractivity contribution in [1.82, 2.24) is 4.90 Å². The molecule has 1 aliphatic rings. The van der Waals surface area contributed by atoms with Gasteiger partial charge in [-0.25, -0.2) is 0 Å². The molecule has 0 bridgehead atoms. The van der Waals surface area contributed by atoms with Crippen molar-refractivity contribution in [2.24, 2.45) is 11.7 Å². The number of hydrogen-bond donors (Lipinski definition) is 1. The van der Waals surface area contributed by atoms with Crippen LogP contribution in [-0.2, 0) is 5.41 Å². The van der Waals surface area contributed by atoms with Crippen LogP contribution in [-0.4, -0.2) is 32.1 Å². The van der Waals surface area contributed by atoms with Gasteiger partial charge >= 0.3 is 0 Å². The summed E-state index contributed by atoms with van der Waals surface area (Å²) in [6, 6.07) is 5.01. The lowest BCUT2D eigenvalue weighted by atomic mass is 9.83. The Bertz CT molecular complexity index is 505. The number of likely N-dealkylation sites (tertiary alicyclic amines) is 1. The van der Waals surface area contributed by atoms with Gasteiger partial charge in [0.25, 0.3) is 0 Å². The molecule has 118 valence electrons. The summed E-state index contributed by atoms with van der Waals surface area (Å²) in [5, 5.41) is 0. The number of nitrogens with zero attached hydrogens (tertiary/aromatic N) is 1. The van der Waals surface area contributed by atoms with E-state index in [1.807, 2.05) is 0 Å². The van der Waals surface area contributed by atoms with E-state index in [9.17, 15) is 0 Å². The smallest absolute Gasteiger partial charge is 0.122 e. The van der Waals surface area contributed by atoms with Crippen molar-refractivity contribution in [1.29, 1.82) is 0 Å². The van der Waals surface area contributed by atoms with Crippen molar-refractivity contribution >= 4 is 0 Å². The molecule has 1 fully saturated rings. The predicted octanol–water partition coefficient (Wildman–Crippen LogP) is 3.25. The lowest BCUT2D eigenvalue weighted by Crippen LogP contribution is -2.21. The Morgan fingerprint density at radius 3 is 2.48 bits per heavy atom. The first-order valence-corrected chi connectivity index (χ1v) is 7.87. The average Bonchev–Trinajstić information content (AvgIpc) is 2.78. The molecular weight excluding hydrogens is 260 g/mol. The van der Waals surface area contributed by atoms with Gasteiger partial charge in [0.1, 0.15) is 5.75 Å². The van der Waals surface area contributed by atoms with Crippen LogP contribution in [0.5, 0.6) is 5.75 Å². The quantitative estimate of drug-likeness (QED) is 0.928. The predicted molar refractivity (Wildman–Crippen MR) is 89.0 cm³/mol. The first-order valence-electron chi connectivity index (χ1n) is 7.87. The molecule has 21 heavy (non-hydrogen) atoms. The Hall–Kier alpha value is -1.06. The number of benzene rings is 1. The molecule has 1 saturated heterocycles. The zero-order chi connectivity index (χ0) is 15.8. The number of rotatable bonds is 3. The summed E-state index contributed by atoms with van der Waals surface area (Å²) < 4.78 is 5.67. The molecule has 0 saturated carbocycles. The van der Waals surface area contributed by atoms with Crippen LogP contribution in [0.3, 0.4) is 0 Å². The van der Waals surface area contributed by atoms with Crippen LogP contribution in [0, 0.1) is 12.8 Å². The fraction of sp³-hybridized carbons (Fsp3) is 0.667. The molecule has 0 aliphatic carbocycles. The van der Waals surface area contributed by atoms with E-state index in [-0.39, 0.29) is 5.41 Å². The van der Waals surface area contributed by atoms with Gasteiger partial charge in [0.2, 0.25) is 0 Å². The lowest BCUT2D eigenvalue weighted by molar-refractivity contribution is 0.311. The van der Waals surface area contributed by atoms with Crippen molar-refractivity contribution < 1.29 is 4.74 Å². The highest BCUT2D eigenvalue weighted by Gasteiger charge is 2.32. The zero-order valence-corrected chi connectivity index (χ0v) is 14.4. The maximum absolute atomic E-state index is 5.86. The first-order chi connectivity index (χ1) is 9.77. The monoisotopic (exact) mass is 290 g/mol. The molecular formula is C18H30N2O. The van der Waals surface area contributed by atoms with Gasteiger partial charge in [-0.2, -0.15) is 0 Å². The molecule has 0 radical (unpaired) electrons. The standard InChI is InChI=1S/C18H30N2O/c1-12-7-15(18(2,3)4)17(21-6)9-14(12)16-8-13(10-19)11-20(16)5/h7,9,13,16H,8,10-11,19H2,1-6H3. The van der Waals surface area contributed by atoms with Crippen LogP contribution < -0.4 is 10.5 Å². The van der Waals surface area contributed by atoms with Gasteiger partial charge in [-0.3, -0.25) is 4.90 Å². The van der Waals surface area contributed by atoms with Gasteiger partial charge in [-0.15, -0.1) is 0 Å². The summed E-state index contributed by atoms with van der Waals surface area (Å²) in [5.74, 6) is 1.61. The van der Waals surface area contributed by atoms with E-state index in [4.69, 9.17) is 10.5 Å². The molecule has 0 spiro atoms. The zero-order valence-electron chi connectivity index (χ0n) is 14.4. The Balaban J connectivity index is 2.42. The number of methoxy groups -OCH3 is 1. The van der Waals surface area contributed by atoms with Gasteiger partial charge in [-0.05, 0) is 61.0 Å². The number of ether oxygens (including phenoxy) is 1. The summed E-state index contributed by atoms with van der Waals surface area (Å²) in [6.45, 7) is 10.8. The Labute approximate surface area is 129 Å². The lowest BCUT2D eigenvalue weighted by Gasteiger charge is -2.27. The summed E-state index contributed by atoms with van der Waals surface area (Å²) in [5.41, 5.74) is 9.98. The number of aryl methyl sites for hydroxylation is 1. The van der Waals surface area contributed by atoms with Crippen LogP contribution in [0.1, 0.15) is 49.9 Å². The third-order valence-electron chi connectivity index (χ3n) is 4.72. The van der Waals surface area contributed by atoms with Gasteiger partial charge in [-0.1, -0.05) is 26.8 Å². The molecule has 0 amide bonds. The fourth-order valence-corrected chi connectivity index (χ4v) is 3.46. The largest absolute Gasteiger partial charge is 0.496 e. The number of nitrogens with two attached hydrogens (primary N) is 1. The highest BCUT2D eigenvalue weighted by Crippen LogP contribution is 2.40. The van der Waals surface area contributed by atoms with Crippen molar-refractivity contribution in [3.8, 4) is 5.75 Å². The van der Waals surface area contributed by atoms with E-state index in [0.29, 0.717) is 12.0 Å². The summed E-state index contributed by atoms with van der Waals surface area (Å²) >= 11 is 0. The highest BCUT2D eigenvalue weighted by molar-refractivity contribution is 5.47. The van der Waals surface area contributed by atoms with Gasteiger partial charge in [0.15, 0.2) is 0 Å². The second-order valence-corrected chi connectivity index (χ2v) is 7.45.